The van der Waals surface area contributed by atoms with Gasteiger partial charge in [0.25, 0.3) is 0 Å². The Morgan fingerprint density at radius 3 is 1.96 bits per heavy atom. The zero-order valence-corrected chi connectivity index (χ0v) is 14.1. The summed E-state index contributed by atoms with van der Waals surface area (Å²) in [5, 5.41) is 0. The molecule has 4 nitrogen and oxygen atoms in total. The summed E-state index contributed by atoms with van der Waals surface area (Å²) < 4.78 is 0. The maximum atomic E-state index is 12.9. The van der Waals surface area contributed by atoms with Gasteiger partial charge in [0.15, 0.2) is 0 Å². The van der Waals surface area contributed by atoms with Crippen molar-refractivity contribution in [3.63, 3.8) is 0 Å². The molecular formula is C20H22N2O2. The number of hydrogen-bond donors (Lipinski definition) is 0. The lowest BCUT2D eigenvalue weighted by atomic mass is 10.0. The van der Waals surface area contributed by atoms with Crippen LogP contribution in [0.15, 0.2) is 60.7 Å². The topological polar surface area (TPSA) is 40.6 Å². The molecule has 3 rings (SSSR count). The van der Waals surface area contributed by atoms with Gasteiger partial charge in [-0.25, -0.2) is 0 Å². The number of carbonyl (C=O) groups is 2. The third-order valence-corrected chi connectivity index (χ3v) is 4.63. The van der Waals surface area contributed by atoms with Crippen LogP contribution in [0.4, 0.5) is 5.69 Å². The van der Waals surface area contributed by atoms with Crippen LogP contribution in [0, 0.1) is 5.41 Å². The van der Waals surface area contributed by atoms with Crippen LogP contribution >= 0.6 is 0 Å². The van der Waals surface area contributed by atoms with Crippen molar-refractivity contribution in [3.8, 4) is 0 Å². The summed E-state index contributed by atoms with van der Waals surface area (Å²) in [6, 6.07) is 19.3. The Labute approximate surface area is 142 Å². The smallest absolute Gasteiger partial charge is 0.242 e. The van der Waals surface area contributed by atoms with Gasteiger partial charge < -0.3 is 9.80 Å². The molecule has 0 saturated heterocycles. The molecule has 1 saturated carbocycles. The molecule has 1 aliphatic carbocycles. The summed E-state index contributed by atoms with van der Waals surface area (Å²) in [5.74, 6) is -0.197. The van der Waals surface area contributed by atoms with Gasteiger partial charge in [-0.2, -0.15) is 0 Å². The minimum absolute atomic E-state index is 0.0841. The third-order valence-electron chi connectivity index (χ3n) is 4.63. The second kappa shape index (κ2) is 6.48. The van der Waals surface area contributed by atoms with Crippen LogP contribution in [0.25, 0.3) is 0 Å². The van der Waals surface area contributed by atoms with Crippen LogP contribution < -0.4 is 4.90 Å². The summed E-state index contributed by atoms with van der Waals surface area (Å²) in [4.78, 5) is 29.1. The molecule has 0 atom stereocenters. The predicted molar refractivity (Wildman–Crippen MR) is 94.4 cm³/mol. The molecule has 2 aromatic rings. The van der Waals surface area contributed by atoms with Crippen molar-refractivity contribution in [2.45, 2.75) is 19.4 Å². The molecule has 0 spiro atoms. The lowest BCUT2D eigenvalue weighted by molar-refractivity contribution is -0.142. The first-order valence-electron chi connectivity index (χ1n) is 8.17. The quantitative estimate of drug-likeness (QED) is 0.794. The van der Waals surface area contributed by atoms with Crippen LogP contribution in [0.1, 0.15) is 18.4 Å². The minimum Gasteiger partial charge on any atom is -0.340 e. The lowest BCUT2D eigenvalue weighted by Gasteiger charge is -2.27. The van der Waals surface area contributed by atoms with Gasteiger partial charge in [-0.15, -0.1) is 0 Å². The Morgan fingerprint density at radius 1 is 0.875 bits per heavy atom. The number of rotatable bonds is 5. The van der Waals surface area contributed by atoms with Crippen molar-refractivity contribution in [1.29, 1.82) is 0 Å². The van der Waals surface area contributed by atoms with Crippen LogP contribution in [0.5, 0.6) is 0 Å². The van der Waals surface area contributed by atoms with E-state index in [1.165, 1.54) is 0 Å². The molecule has 2 amide bonds. The first-order valence-corrected chi connectivity index (χ1v) is 8.17. The molecule has 0 unspecified atom stereocenters. The number of para-hydroxylation sites is 1. The Hall–Kier alpha value is -2.62. The first kappa shape index (κ1) is 16.2. The Balaban J connectivity index is 1.73. The summed E-state index contributed by atoms with van der Waals surface area (Å²) in [6.07, 6.45) is 1.25. The largest absolute Gasteiger partial charge is 0.340 e. The Kier molecular flexibility index (Phi) is 4.38. The summed E-state index contributed by atoms with van der Waals surface area (Å²) >= 11 is 0. The van der Waals surface area contributed by atoms with Gasteiger partial charge in [-0.05, 0) is 30.5 Å². The number of benzene rings is 2. The van der Waals surface area contributed by atoms with Crippen molar-refractivity contribution >= 4 is 17.5 Å². The van der Waals surface area contributed by atoms with Crippen molar-refractivity contribution in [2.75, 3.05) is 19.0 Å². The zero-order valence-electron chi connectivity index (χ0n) is 14.1. The van der Waals surface area contributed by atoms with Gasteiger partial charge in [-0.1, -0.05) is 48.5 Å². The molecule has 24 heavy (non-hydrogen) atoms. The van der Waals surface area contributed by atoms with Crippen molar-refractivity contribution < 1.29 is 9.59 Å². The third kappa shape index (κ3) is 3.04. The van der Waals surface area contributed by atoms with E-state index in [0.717, 1.165) is 11.3 Å². The second-order valence-electron chi connectivity index (χ2n) is 6.43. The molecule has 1 fully saturated rings. The van der Waals surface area contributed by atoms with E-state index in [1.807, 2.05) is 60.7 Å². The lowest BCUT2D eigenvalue weighted by Crippen LogP contribution is -2.44. The SMILES string of the molecule is CN(Cc1ccccc1)C(=O)C1(C(=O)N(C)c2ccccc2)CC1. The fourth-order valence-corrected chi connectivity index (χ4v) is 3.03. The van der Waals surface area contributed by atoms with E-state index < -0.39 is 5.41 Å². The summed E-state index contributed by atoms with van der Waals surface area (Å²) in [7, 11) is 3.51. The number of hydrogen-bond acceptors (Lipinski definition) is 2. The normalized spacial score (nSPS) is 14.8. The second-order valence-corrected chi connectivity index (χ2v) is 6.43. The molecule has 124 valence electrons. The number of amides is 2. The van der Waals surface area contributed by atoms with Gasteiger partial charge in [-0.3, -0.25) is 9.59 Å². The highest BCUT2D eigenvalue weighted by atomic mass is 16.2. The average Bonchev–Trinajstić information content (AvgIpc) is 3.43. The predicted octanol–water partition coefficient (Wildman–Crippen LogP) is 3.09. The van der Waals surface area contributed by atoms with Gasteiger partial charge in [0.1, 0.15) is 5.41 Å². The van der Waals surface area contributed by atoms with Gasteiger partial charge in [0.05, 0.1) is 0 Å². The molecular weight excluding hydrogens is 300 g/mol. The van der Waals surface area contributed by atoms with Crippen LogP contribution in [0.2, 0.25) is 0 Å². The molecule has 4 heteroatoms. The number of carbonyl (C=O) groups excluding carboxylic acids is 2. The van der Waals surface area contributed by atoms with E-state index in [1.54, 1.807) is 23.9 Å². The van der Waals surface area contributed by atoms with Gasteiger partial charge in [0.2, 0.25) is 11.8 Å². The zero-order chi connectivity index (χ0) is 17.2. The van der Waals surface area contributed by atoms with E-state index in [-0.39, 0.29) is 11.8 Å². The molecule has 0 heterocycles. The van der Waals surface area contributed by atoms with Crippen molar-refractivity contribution in [2.24, 2.45) is 5.41 Å². The molecule has 0 N–H and O–H groups in total. The molecule has 0 aromatic heterocycles. The van der Waals surface area contributed by atoms with Crippen molar-refractivity contribution in [1.82, 2.24) is 4.90 Å². The average molecular weight is 322 g/mol. The van der Waals surface area contributed by atoms with E-state index in [4.69, 9.17) is 0 Å². The maximum absolute atomic E-state index is 12.9. The van der Waals surface area contributed by atoms with Gasteiger partial charge >= 0.3 is 0 Å². The van der Waals surface area contributed by atoms with E-state index >= 15 is 0 Å². The van der Waals surface area contributed by atoms with Crippen LogP contribution in [-0.4, -0.2) is 30.8 Å². The van der Waals surface area contributed by atoms with Crippen LogP contribution in [0.3, 0.4) is 0 Å². The van der Waals surface area contributed by atoms with E-state index in [2.05, 4.69) is 0 Å². The Morgan fingerprint density at radius 2 is 1.42 bits per heavy atom. The van der Waals surface area contributed by atoms with Gasteiger partial charge in [0, 0.05) is 26.3 Å². The number of anilines is 1. The van der Waals surface area contributed by atoms with Crippen LogP contribution in [-0.2, 0) is 16.1 Å². The number of nitrogens with zero attached hydrogens (tertiary/aromatic N) is 2. The van der Waals surface area contributed by atoms with Crippen molar-refractivity contribution in [3.05, 3.63) is 66.2 Å². The Bertz CT molecular complexity index is 724. The van der Waals surface area contributed by atoms with E-state index in [9.17, 15) is 9.59 Å². The molecule has 0 aliphatic heterocycles. The highest BCUT2D eigenvalue weighted by Gasteiger charge is 2.58. The molecule has 1 aliphatic rings. The molecule has 0 radical (unpaired) electrons. The fourth-order valence-electron chi connectivity index (χ4n) is 3.03. The van der Waals surface area contributed by atoms with E-state index in [0.29, 0.717) is 19.4 Å². The fraction of sp³-hybridized carbons (Fsp3) is 0.300. The minimum atomic E-state index is -0.881. The summed E-state index contributed by atoms with van der Waals surface area (Å²) in [5.41, 5.74) is 0.994. The first-order chi connectivity index (χ1) is 11.5. The molecule has 0 bridgehead atoms. The highest BCUT2D eigenvalue weighted by molar-refractivity contribution is 6.13. The standard InChI is InChI=1S/C20H22N2O2/c1-21(15-16-9-5-3-6-10-16)18(23)20(13-14-20)19(24)22(2)17-11-7-4-8-12-17/h3-12H,13-15H2,1-2H3. The highest BCUT2D eigenvalue weighted by Crippen LogP contribution is 2.49. The maximum Gasteiger partial charge on any atom is 0.242 e. The monoisotopic (exact) mass is 322 g/mol. The molecule has 2 aromatic carbocycles. The summed E-state index contributed by atoms with van der Waals surface area (Å²) in [6.45, 7) is 0.518.